The Balaban J connectivity index is 1.82. The third-order valence-electron chi connectivity index (χ3n) is 5.32. The van der Waals surface area contributed by atoms with E-state index in [9.17, 15) is 19.1 Å². The Bertz CT molecular complexity index is 1270. The summed E-state index contributed by atoms with van der Waals surface area (Å²) in [6, 6.07) is 8.79. The van der Waals surface area contributed by atoms with Crippen molar-refractivity contribution in [3.8, 4) is 28.5 Å². The molecule has 0 saturated carbocycles. The molecule has 1 aromatic heterocycles. The Morgan fingerprint density at radius 1 is 1.30 bits per heavy atom. The van der Waals surface area contributed by atoms with E-state index in [4.69, 9.17) is 14.2 Å². The van der Waals surface area contributed by atoms with Crippen LogP contribution in [-0.4, -0.2) is 29.4 Å². The summed E-state index contributed by atoms with van der Waals surface area (Å²) in [7, 11) is 1.52. The minimum Gasteiger partial charge on any atom is -0.493 e. The van der Waals surface area contributed by atoms with E-state index < -0.39 is 29.0 Å². The fraction of sp³-hybridized carbons (Fsp3) is 0.182. The van der Waals surface area contributed by atoms with E-state index in [1.54, 1.807) is 22.8 Å². The largest absolute Gasteiger partial charge is 0.493 e. The molecule has 1 N–H and O–H groups in total. The van der Waals surface area contributed by atoms with Gasteiger partial charge in [-0.3, -0.25) is 4.79 Å². The first-order valence-corrected chi connectivity index (χ1v) is 9.26. The van der Waals surface area contributed by atoms with Crippen LogP contribution in [0, 0.1) is 5.82 Å². The van der Waals surface area contributed by atoms with E-state index in [-0.39, 0.29) is 0 Å². The van der Waals surface area contributed by atoms with Gasteiger partial charge in [-0.05, 0) is 12.1 Å². The summed E-state index contributed by atoms with van der Waals surface area (Å²) in [4.78, 5) is 24.1. The fourth-order valence-corrected chi connectivity index (χ4v) is 4.02. The van der Waals surface area contributed by atoms with Crippen molar-refractivity contribution in [1.82, 2.24) is 4.57 Å². The summed E-state index contributed by atoms with van der Waals surface area (Å²) in [6.45, 7) is 0.451. The van der Waals surface area contributed by atoms with Crippen LogP contribution in [0.3, 0.4) is 0 Å². The lowest BCUT2D eigenvalue weighted by Gasteiger charge is -2.33. The van der Waals surface area contributed by atoms with Crippen molar-refractivity contribution in [2.75, 3.05) is 13.7 Å². The number of carboxylic acid groups (broad SMARTS) is 1. The number of ether oxygens (including phenoxy) is 3. The number of fused-ring (bicyclic) bond motifs is 5. The molecule has 30 heavy (non-hydrogen) atoms. The van der Waals surface area contributed by atoms with Crippen molar-refractivity contribution in [2.24, 2.45) is 0 Å². The van der Waals surface area contributed by atoms with Gasteiger partial charge >= 0.3 is 5.97 Å². The molecule has 0 amide bonds. The molecule has 0 fully saturated rings. The molecule has 1 unspecified atom stereocenters. The van der Waals surface area contributed by atoms with E-state index in [2.05, 4.69) is 0 Å². The highest BCUT2D eigenvalue weighted by Gasteiger charge is 2.34. The fourth-order valence-electron chi connectivity index (χ4n) is 4.02. The summed E-state index contributed by atoms with van der Waals surface area (Å²) in [5, 5.41) is 9.44. The zero-order chi connectivity index (χ0) is 21.0. The van der Waals surface area contributed by atoms with Crippen LogP contribution in [0.25, 0.3) is 11.3 Å². The highest BCUT2D eigenvalue weighted by Crippen LogP contribution is 2.50. The van der Waals surface area contributed by atoms with Gasteiger partial charge in [0.1, 0.15) is 17.1 Å². The lowest BCUT2D eigenvalue weighted by atomic mass is 9.97. The molecule has 3 heterocycles. The second-order valence-corrected chi connectivity index (χ2v) is 7.03. The number of carbonyl (C=O) groups is 1. The third-order valence-corrected chi connectivity index (χ3v) is 5.32. The van der Waals surface area contributed by atoms with Gasteiger partial charge in [-0.15, -0.1) is 0 Å². The summed E-state index contributed by atoms with van der Waals surface area (Å²) in [6.07, 6.45) is 0.954. The highest BCUT2D eigenvalue weighted by atomic mass is 19.1. The third kappa shape index (κ3) is 2.64. The molecule has 8 heteroatoms. The van der Waals surface area contributed by atoms with Crippen molar-refractivity contribution in [3.63, 3.8) is 0 Å². The number of nitrogens with zero attached hydrogens (tertiary/aromatic N) is 1. The number of pyridine rings is 1. The maximum absolute atomic E-state index is 13.9. The van der Waals surface area contributed by atoms with E-state index in [1.165, 1.54) is 31.5 Å². The predicted molar refractivity (Wildman–Crippen MR) is 104 cm³/mol. The van der Waals surface area contributed by atoms with Gasteiger partial charge in [0.15, 0.2) is 16.9 Å². The molecule has 0 bridgehead atoms. The smallest absolute Gasteiger partial charge is 0.341 e. The Morgan fingerprint density at radius 2 is 2.13 bits per heavy atom. The van der Waals surface area contributed by atoms with Crippen LogP contribution in [-0.2, 0) is 6.42 Å². The van der Waals surface area contributed by atoms with E-state index in [0.29, 0.717) is 47.1 Å². The van der Waals surface area contributed by atoms with Crippen LogP contribution in [0.4, 0.5) is 4.39 Å². The van der Waals surface area contributed by atoms with Gasteiger partial charge in [0.05, 0.1) is 19.4 Å². The molecule has 0 aliphatic carbocycles. The number of halogens is 1. The Hall–Kier alpha value is -3.81. The van der Waals surface area contributed by atoms with Gasteiger partial charge in [-0.25, -0.2) is 9.18 Å². The summed E-state index contributed by atoms with van der Waals surface area (Å²) < 4.78 is 32.8. The summed E-state index contributed by atoms with van der Waals surface area (Å²) >= 11 is 0. The van der Waals surface area contributed by atoms with Crippen LogP contribution in [0.2, 0.25) is 0 Å². The lowest BCUT2D eigenvalue weighted by molar-refractivity contribution is 0.0693. The number of rotatable bonds is 3. The maximum atomic E-state index is 13.9. The van der Waals surface area contributed by atoms with Gasteiger partial charge < -0.3 is 23.9 Å². The van der Waals surface area contributed by atoms with Gasteiger partial charge in [0.25, 0.3) is 0 Å². The Morgan fingerprint density at radius 3 is 2.87 bits per heavy atom. The molecule has 7 nitrogen and oxygen atoms in total. The highest BCUT2D eigenvalue weighted by molar-refractivity contribution is 5.88. The Labute approximate surface area is 169 Å². The first-order chi connectivity index (χ1) is 14.5. The van der Waals surface area contributed by atoms with Crippen molar-refractivity contribution in [1.29, 1.82) is 0 Å². The molecule has 2 aromatic carbocycles. The summed E-state index contributed by atoms with van der Waals surface area (Å²) in [5.74, 6) is -0.277. The standard InChI is InChI=1S/C22H16FNO6/c1-28-18-9-17-19(13-5-6-29-20(13)18)15-8-16(25)14(22(26)27)10-24(15)21(30-17)11-3-2-4-12(23)7-11/h2-4,7-10,21H,5-6H2,1H3,(H,26,27). The van der Waals surface area contributed by atoms with Crippen molar-refractivity contribution < 1.29 is 28.5 Å². The van der Waals surface area contributed by atoms with E-state index >= 15 is 0 Å². The monoisotopic (exact) mass is 409 g/mol. The Kier molecular flexibility index (Phi) is 4.02. The number of carboxylic acids is 1. The maximum Gasteiger partial charge on any atom is 0.341 e. The topological polar surface area (TPSA) is 87.0 Å². The number of aromatic nitrogens is 1. The average molecular weight is 409 g/mol. The van der Waals surface area contributed by atoms with Crippen molar-refractivity contribution in [2.45, 2.75) is 12.6 Å². The number of methoxy groups -OCH3 is 1. The number of benzene rings is 2. The molecular weight excluding hydrogens is 393 g/mol. The molecule has 1 atom stereocenters. The second-order valence-electron chi connectivity index (χ2n) is 7.03. The zero-order valence-electron chi connectivity index (χ0n) is 15.8. The molecular formula is C22H16FNO6. The van der Waals surface area contributed by atoms with Gasteiger partial charge in [0.2, 0.25) is 6.23 Å². The van der Waals surface area contributed by atoms with Crippen LogP contribution < -0.4 is 19.6 Å². The molecule has 0 saturated heterocycles. The van der Waals surface area contributed by atoms with Crippen LogP contribution in [0.1, 0.15) is 27.7 Å². The first kappa shape index (κ1) is 18.2. The SMILES string of the molecule is COc1cc2c(c3c1OCC3)-c1cc(=O)c(C(=O)O)cn1C(c1cccc(F)c1)O2. The quantitative estimate of drug-likeness (QED) is 0.715. The molecule has 0 radical (unpaired) electrons. The van der Waals surface area contributed by atoms with Crippen LogP contribution >= 0.6 is 0 Å². The molecule has 5 rings (SSSR count). The van der Waals surface area contributed by atoms with Gasteiger partial charge in [-0.2, -0.15) is 0 Å². The average Bonchev–Trinajstić information content (AvgIpc) is 3.21. The van der Waals surface area contributed by atoms with Gasteiger partial charge in [0, 0.05) is 41.4 Å². The molecule has 2 aliphatic heterocycles. The normalized spacial score (nSPS) is 16.0. The molecule has 2 aliphatic rings. The lowest BCUT2D eigenvalue weighted by Crippen LogP contribution is -2.28. The van der Waals surface area contributed by atoms with Crippen LogP contribution in [0.5, 0.6) is 17.2 Å². The number of hydrogen-bond acceptors (Lipinski definition) is 5. The van der Waals surface area contributed by atoms with E-state index in [0.717, 1.165) is 5.56 Å². The summed E-state index contributed by atoms with van der Waals surface area (Å²) in [5.41, 5.74) is 1.39. The molecule has 0 spiro atoms. The van der Waals surface area contributed by atoms with Crippen molar-refractivity contribution >= 4 is 5.97 Å². The van der Waals surface area contributed by atoms with Crippen molar-refractivity contribution in [3.05, 3.63) is 75.3 Å². The van der Waals surface area contributed by atoms with Crippen LogP contribution in [0.15, 0.2) is 47.4 Å². The molecule has 3 aromatic rings. The minimum absolute atomic E-state index is 0.395. The number of aromatic carboxylic acids is 1. The zero-order valence-corrected chi connectivity index (χ0v) is 15.8. The first-order valence-electron chi connectivity index (χ1n) is 9.26. The minimum atomic E-state index is -1.35. The van der Waals surface area contributed by atoms with E-state index in [1.807, 2.05) is 0 Å². The predicted octanol–water partition coefficient (Wildman–Crippen LogP) is 3.24. The number of hydrogen-bond donors (Lipinski definition) is 1. The second kappa shape index (κ2) is 6.62. The molecule has 152 valence electrons. The van der Waals surface area contributed by atoms with Gasteiger partial charge in [-0.1, -0.05) is 12.1 Å².